The number of carbonyl (C=O) groups excluding carboxylic acids is 1. The van der Waals surface area contributed by atoms with Crippen LogP contribution in [0.25, 0.3) is 10.9 Å². The summed E-state index contributed by atoms with van der Waals surface area (Å²) in [7, 11) is 0. The molecule has 7 heteroatoms. The average molecular weight is 436 g/mol. The number of halogens is 1. The molecular weight excluding hydrogens is 406 g/mol. The quantitative estimate of drug-likeness (QED) is 0.783. The van der Waals surface area contributed by atoms with Crippen molar-refractivity contribution in [3.63, 3.8) is 0 Å². The number of hydrogen-bond acceptors (Lipinski definition) is 4. The molecule has 1 fully saturated rings. The molecule has 4 rings (SSSR count). The van der Waals surface area contributed by atoms with Crippen molar-refractivity contribution in [1.82, 2.24) is 14.8 Å². The van der Waals surface area contributed by atoms with Crippen molar-refractivity contribution in [1.29, 1.82) is 0 Å². The first-order chi connectivity index (χ1) is 13.3. The molecule has 0 unspecified atom stereocenters. The summed E-state index contributed by atoms with van der Waals surface area (Å²) in [6.45, 7) is 11.2. The van der Waals surface area contributed by atoms with E-state index in [1.54, 1.807) is 11.8 Å². The smallest absolute Gasteiger partial charge is 0.253 e. The molecule has 2 aliphatic rings. The van der Waals surface area contributed by atoms with Crippen molar-refractivity contribution in [3.05, 3.63) is 45.2 Å². The second kappa shape index (κ2) is 8.70. The Hall–Kier alpha value is -1.50. The predicted octanol–water partition coefficient (Wildman–Crippen LogP) is 3.54. The van der Waals surface area contributed by atoms with Crippen molar-refractivity contribution in [2.45, 2.75) is 32.9 Å². The molecule has 0 bridgehead atoms. The van der Waals surface area contributed by atoms with Crippen LogP contribution in [0.4, 0.5) is 0 Å². The highest BCUT2D eigenvalue weighted by atomic mass is 35.5. The summed E-state index contributed by atoms with van der Waals surface area (Å²) in [5.74, 6) is 1.89. The first kappa shape index (κ1) is 22.2. The highest BCUT2D eigenvalue weighted by molar-refractivity contribution is 7.98. The molecule has 0 atom stereocenters. The molecule has 0 aliphatic carbocycles. The Morgan fingerprint density at radius 1 is 1.14 bits per heavy atom. The number of amides is 1. The number of carbonyl (C=O) groups is 1. The van der Waals surface area contributed by atoms with Crippen molar-refractivity contribution >= 4 is 41.0 Å². The van der Waals surface area contributed by atoms with E-state index in [0.29, 0.717) is 0 Å². The molecule has 1 aromatic carbocycles. The normalized spacial score (nSPS) is 17.7. The predicted molar refractivity (Wildman–Crippen MR) is 123 cm³/mol. The maximum absolute atomic E-state index is 13.1. The lowest BCUT2D eigenvalue weighted by atomic mass is 9.95. The Balaban J connectivity index is 0.00000240. The molecule has 29 heavy (non-hydrogen) atoms. The number of nitrogens with zero attached hydrogens (tertiary/aromatic N) is 2. The van der Waals surface area contributed by atoms with Crippen molar-refractivity contribution in [2.75, 3.05) is 38.5 Å². The van der Waals surface area contributed by atoms with Gasteiger partial charge in [0, 0.05) is 60.5 Å². The molecule has 1 amide bonds. The van der Waals surface area contributed by atoms with Crippen LogP contribution in [-0.2, 0) is 12.2 Å². The number of H-pyrrole nitrogens is 1. The van der Waals surface area contributed by atoms with E-state index in [9.17, 15) is 9.59 Å². The molecule has 5 nitrogen and oxygen atoms in total. The second-order valence-electron chi connectivity index (χ2n) is 9.10. The minimum Gasteiger partial charge on any atom is -0.336 e. The van der Waals surface area contributed by atoms with Gasteiger partial charge in [-0.25, -0.2) is 0 Å². The maximum atomic E-state index is 13.1. The van der Waals surface area contributed by atoms with E-state index in [2.05, 4.69) is 30.7 Å². The van der Waals surface area contributed by atoms with Gasteiger partial charge in [0.1, 0.15) is 0 Å². The molecule has 158 valence electrons. The van der Waals surface area contributed by atoms with Crippen LogP contribution in [0.15, 0.2) is 23.0 Å². The van der Waals surface area contributed by atoms with Crippen LogP contribution in [0.1, 0.15) is 42.3 Å². The lowest BCUT2D eigenvalue weighted by Crippen LogP contribution is -2.50. The molecule has 1 aromatic heterocycles. The van der Waals surface area contributed by atoms with Gasteiger partial charge in [-0.2, -0.15) is 11.8 Å². The van der Waals surface area contributed by atoms with Gasteiger partial charge in [0.15, 0.2) is 0 Å². The number of pyridine rings is 1. The number of nitrogens with one attached hydrogen (secondary N) is 1. The largest absolute Gasteiger partial charge is 0.336 e. The first-order valence-corrected chi connectivity index (χ1v) is 11.2. The number of piperazine rings is 1. The fraction of sp³-hybridized carbons (Fsp3) is 0.545. The molecule has 1 saturated heterocycles. The van der Waals surface area contributed by atoms with Gasteiger partial charge >= 0.3 is 0 Å². The van der Waals surface area contributed by atoms with Gasteiger partial charge in [-0.3, -0.25) is 14.5 Å². The Kier molecular flexibility index (Phi) is 6.66. The molecule has 2 aliphatic heterocycles. The van der Waals surface area contributed by atoms with Gasteiger partial charge in [0.25, 0.3) is 11.5 Å². The molecule has 0 radical (unpaired) electrons. The number of fused-ring (bicyclic) bond motifs is 3. The summed E-state index contributed by atoms with van der Waals surface area (Å²) in [4.78, 5) is 32.8. The van der Waals surface area contributed by atoms with Gasteiger partial charge in [0.05, 0.1) is 0 Å². The van der Waals surface area contributed by atoms with E-state index >= 15 is 0 Å². The third-order valence-electron chi connectivity index (χ3n) is 5.58. The van der Waals surface area contributed by atoms with E-state index < -0.39 is 0 Å². The minimum absolute atomic E-state index is 0. The summed E-state index contributed by atoms with van der Waals surface area (Å²) >= 11 is 1.80. The van der Waals surface area contributed by atoms with E-state index in [4.69, 9.17) is 0 Å². The lowest BCUT2D eigenvalue weighted by molar-refractivity contribution is 0.0592. The first-order valence-electron chi connectivity index (χ1n) is 10.1. The summed E-state index contributed by atoms with van der Waals surface area (Å²) in [6, 6.07) is 5.73. The number of benzene rings is 1. The second-order valence-corrected chi connectivity index (χ2v) is 10.2. The zero-order valence-corrected chi connectivity index (χ0v) is 19.0. The standard InChI is InChI=1S/C22H29N3O2S.ClH/c1-22(2,3)14-24-7-9-25(10-8-24)21(27)15-4-5-19-17(12-15)16-6-11-28-13-18(16)20(26)23-19;/h4-5,12H,6-11,13-14H2,1-3H3,(H,23,26);1H. The molecule has 3 heterocycles. The van der Waals surface area contributed by atoms with Crippen molar-refractivity contribution in [3.8, 4) is 0 Å². The fourth-order valence-corrected chi connectivity index (χ4v) is 5.28. The summed E-state index contributed by atoms with van der Waals surface area (Å²) in [6.07, 6.45) is 0.892. The molecule has 1 N–H and O–H groups in total. The molecule has 0 spiro atoms. The number of aryl methyl sites for hydroxylation is 1. The molecular formula is C22H30ClN3O2S. The van der Waals surface area contributed by atoms with Crippen molar-refractivity contribution in [2.24, 2.45) is 5.41 Å². The van der Waals surface area contributed by atoms with E-state index in [1.165, 1.54) is 0 Å². The monoisotopic (exact) mass is 435 g/mol. The Labute approximate surface area is 182 Å². The number of hydrogen-bond donors (Lipinski definition) is 1. The van der Waals surface area contributed by atoms with E-state index in [-0.39, 0.29) is 29.3 Å². The van der Waals surface area contributed by atoms with Crippen molar-refractivity contribution < 1.29 is 4.79 Å². The van der Waals surface area contributed by atoms with Crippen LogP contribution in [-0.4, -0.2) is 59.2 Å². The SMILES string of the molecule is CC(C)(C)CN1CCN(C(=O)c2ccc3[nH]c(=O)c4c(c3c2)CCSC4)CC1.Cl. The molecule has 2 aromatic rings. The number of aromatic nitrogens is 1. The van der Waals surface area contributed by atoms with Gasteiger partial charge in [-0.05, 0) is 41.4 Å². The minimum atomic E-state index is 0. The van der Waals surface area contributed by atoms with Gasteiger partial charge < -0.3 is 9.88 Å². The Morgan fingerprint density at radius 3 is 2.55 bits per heavy atom. The average Bonchev–Trinajstić information content (AvgIpc) is 2.67. The Bertz CT molecular complexity index is 959. The van der Waals surface area contributed by atoms with Crippen LogP contribution in [0.3, 0.4) is 0 Å². The lowest BCUT2D eigenvalue weighted by Gasteiger charge is -2.37. The zero-order valence-electron chi connectivity index (χ0n) is 17.4. The summed E-state index contributed by atoms with van der Waals surface area (Å²) in [5.41, 5.74) is 3.86. The summed E-state index contributed by atoms with van der Waals surface area (Å²) < 4.78 is 0. The van der Waals surface area contributed by atoms with Gasteiger partial charge in [-0.1, -0.05) is 20.8 Å². The van der Waals surface area contributed by atoms with Gasteiger partial charge in [0.2, 0.25) is 0 Å². The fourth-order valence-electron chi connectivity index (χ4n) is 4.28. The zero-order chi connectivity index (χ0) is 19.9. The van der Waals surface area contributed by atoms with Crippen LogP contribution in [0, 0.1) is 5.41 Å². The highest BCUT2D eigenvalue weighted by Crippen LogP contribution is 2.28. The highest BCUT2D eigenvalue weighted by Gasteiger charge is 2.25. The third kappa shape index (κ3) is 4.81. The summed E-state index contributed by atoms with van der Waals surface area (Å²) in [5, 5.41) is 1.03. The molecule has 0 saturated carbocycles. The van der Waals surface area contributed by atoms with E-state index in [1.807, 2.05) is 23.1 Å². The number of aromatic amines is 1. The van der Waals surface area contributed by atoms with Crippen LogP contribution >= 0.6 is 24.2 Å². The number of rotatable bonds is 2. The third-order valence-corrected chi connectivity index (χ3v) is 6.56. The van der Waals surface area contributed by atoms with E-state index in [0.717, 1.165) is 78.2 Å². The van der Waals surface area contributed by atoms with Crippen LogP contribution in [0.2, 0.25) is 0 Å². The Morgan fingerprint density at radius 2 is 1.86 bits per heavy atom. The van der Waals surface area contributed by atoms with Crippen LogP contribution in [0.5, 0.6) is 0 Å². The maximum Gasteiger partial charge on any atom is 0.253 e. The topological polar surface area (TPSA) is 56.4 Å². The van der Waals surface area contributed by atoms with Gasteiger partial charge in [-0.15, -0.1) is 12.4 Å². The number of thioether (sulfide) groups is 1. The van der Waals surface area contributed by atoms with Crippen LogP contribution < -0.4 is 5.56 Å².